The van der Waals surface area contributed by atoms with Crippen LogP contribution in [-0.2, 0) is 6.54 Å². The molecule has 0 N–H and O–H groups in total. The van der Waals surface area contributed by atoms with Crippen molar-refractivity contribution in [3.63, 3.8) is 0 Å². The van der Waals surface area contributed by atoms with E-state index >= 15 is 0 Å². The van der Waals surface area contributed by atoms with Crippen LogP contribution in [0.4, 0.5) is 5.82 Å². The molecule has 112 valence electrons. The van der Waals surface area contributed by atoms with Gasteiger partial charge in [-0.15, -0.1) is 0 Å². The standard InChI is InChI=1S/C16H28N4/c1-16(2,3)20-10-8-19(9-11-20)15-7-6-14(12-17-15)13-18(4)5/h6-7,12H,8-11,13H2,1-5H3. The maximum Gasteiger partial charge on any atom is 0.128 e. The minimum absolute atomic E-state index is 0.273. The fourth-order valence-corrected chi connectivity index (χ4v) is 2.67. The summed E-state index contributed by atoms with van der Waals surface area (Å²) in [6.45, 7) is 12.2. The molecule has 1 aliphatic heterocycles. The number of rotatable bonds is 3. The number of piperazine rings is 1. The molecule has 0 radical (unpaired) electrons. The number of nitrogens with zero attached hydrogens (tertiary/aromatic N) is 4. The van der Waals surface area contributed by atoms with Gasteiger partial charge in [0.1, 0.15) is 5.82 Å². The van der Waals surface area contributed by atoms with Crippen LogP contribution in [0.1, 0.15) is 26.3 Å². The third-order valence-electron chi connectivity index (χ3n) is 3.86. The molecule has 0 unspecified atom stereocenters. The van der Waals surface area contributed by atoms with E-state index < -0.39 is 0 Å². The van der Waals surface area contributed by atoms with Gasteiger partial charge >= 0.3 is 0 Å². The molecule has 20 heavy (non-hydrogen) atoms. The number of anilines is 1. The van der Waals surface area contributed by atoms with Gasteiger partial charge in [0.05, 0.1) is 0 Å². The lowest BCUT2D eigenvalue weighted by Crippen LogP contribution is -2.53. The summed E-state index contributed by atoms with van der Waals surface area (Å²) in [6, 6.07) is 4.35. The van der Waals surface area contributed by atoms with Gasteiger partial charge in [0, 0.05) is 44.5 Å². The van der Waals surface area contributed by atoms with Gasteiger partial charge in [0.15, 0.2) is 0 Å². The SMILES string of the molecule is CN(C)Cc1ccc(N2CCN(C(C)(C)C)CC2)nc1. The van der Waals surface area contributed by atoms with Crippen molar-refractivity contribution in [3.8, 4) is 0 Å². The second-order valence-electron chi connectivity index (χ2n) is 6.91. The van der Waals surface area contributed by atoms with E-state index in [9.17, 15) is 0 Å². The van der Waals surface area contributed by atoms with Gasteiger partial charge in [-0.3, -0.25) is 4.90 Å². The molecule has 1 saturated heterocycles. The quantitative estimate of drug-likeness (QED) is 0.843. The Morgan fingerprint density at radius 1 is 1.10 bits per heavy atom. The average Bonchev–Trinajstić information content (AvgIpc) is 2.38. The van der Waals surface area contributed by atoms with Crippen LogP contribution in [0.15, 0.2) is 18.3 Å². The van der Waals surface area contributed by atoms with Crippen LogP contribution in [0, 0.1) is 0 Å². The summed E-state index contributed by atoms with van der Waals surface area (Å²) in [5.41, 5.74) is 1.54. The predicted octanol–water partition coefficient (Wildman–Crippen LogP) is 2.06. The first-order chi connectivity index (χ1) is 9.36. The summed E-state index contributed by atoms with van der Waals surface area (Å²) in [7, 11) is 4.17. The molecule has 1 fully saturated rings. The number of aromatic nitrogens is 1. The van der Waals surface area contributed by atoms with Crippen LogP contribution in [-0.4, -0.2) is 60.6 Å². The number of hydrogen-bond donors (Lipinski definition) is 0. The Morgan fingerprint density at radius 2 is 1.75 bits per heavy atom. The van der Waals surface area contributed by atoms with Gasteiger partial charge in [-0.1, -0.05) is 6.07 Å². The molecule has 4 nitrogen and oxygen atoms in total. The highest BCUT2D eigenvalue weighted by molar-refractivity contribution is 5.40. The summed E-state index contributed by atoms with van der Waals surface area (Å²) in [4.78, 5) is 11.7. The zero-order chi connectivity index (χ0) is 14.8. The molecule has 4 heteroatoms. The molecule has 2 rings (SSSR count). The van der Waals surface area contributed by atoms with Gasteiger partial charge in [0.25, 0.3) is 0 Å². The fourth-order valence-electron chi connectivity index (χ4n) is 2.67. The van der Waals surface area contributed by atoms with Gasteiger partial charge in [-0.2, -0.15) is 0 Å². The van der Waals surface area contributed by atoms with Gasteiger partial charge < -0.3 is 9.80 Å². The number of hydrogen-bond acceptors (Lipinski definition) is 4. The van der Waals surface area contributed by atoms with Crippen molar-refractivity contribution in [2.45, 2.75) is 32.9 Å². The van der Waals surface area contributed by atoms with Gasteiger partial charge in [-0.05, 0) is 46.5 Å². The highest BCUT2D eigenvalue weighted by Gasteiger charge is 2.26. The van der Waals surface area contributed by atoms with E-state index in [1.807, 2.05) is 6.20 Å². The molecular formula is C16H28N4. The maximum atomic E-state index is 4.62. The van der Waals surface area contributed by atoms with Gasteiger partial charge in [-0.25, -0.2) is 4.98 Å². The molecule has 0 saturated carbocycles. The van der Waals surface area contributed by atoms with Crippen molar-refractivity contribution < 1.29 is 0 Å². The van der Waals surface area contributed by atoms with E-state index in [1.165, 1.54) is 5.56 Å². The van der Waals surface area contributed by atoms with E-state index in [2.05, 4.69) is 66.7 Å². The lowest BCUT2D eigenvalue weighted by Gasteiger charge is -2.42. The Balaban J connectivity index is 1.94. The highest BCUT2D eigenvalue weighted by Crippen LogP contribution is 2.19. The first kappa shape index (κ1) is 15.3. The Kier molecular flexibility index (Phi) is 4.66. The molecule has 0 aromatic carbocycles. The van der Waals surface area contributed by atoms with Crippen molar-refractivity contribution in [3.05, 3.63) is 23.9 Å². The molecule has 0 atom stereocenters. The van der Waals surface area contributed by atoms with Crippen LogP contribution in [0.3, 0.4) is 0 Å². The van der Waals surface area contributed by atoms with Crippen molar-refractivity contribution >= 4 is 5.82 Å². The Labute approximate surface area is 123 Å². The Morgan fingerprint density at radius 3 is 2.20 bits per heavy atom. The average molecular weight is 276 g/mol. The van der Waals surface area contributed by atoms with E-state index in [0.29, 0.717) is 0 Å². The lowest BCUT2D eigenvalue weighted by molar-refractivity contribution is 0.128. The second-order valence-corrected chi connectivity index (χ2v) is 6.91. The minimum Gasteiger partial charge on any atom is -0.354 e. The molecular weight excluding hydrogens is 248 g/mol. The summed E-state index contributed by atoms with van der Waals surface area (Å²) >= 11 is 0. The molecule has 0 aliphatic carbocycles. The van der Waals surface area contributed by atoms with Crippen LogP contribution in [0.25, 0.3) is 0 Å². The highest BCUT2D eigenvalue weighted by atomic mass is 15.3. The smallest absolute Gasteiger partial charge is 0.128 e. The third kappa shape index (κ3) is 3.93. The van der Waals surface area contributed by atoms with Crippen molar-refractivity contribution in [1.82, 2.24) is 14.8 Å². The molecule has 2 heterocycles. The van der Waals surface area contributed by atoms with Crippen molar-refractivity contribution in [2.75, 3.05) is 45.2 Å². The first-order valence-electron chi connectivity index (χ1n) is 7.46. The summed E-state index contributed by atoms with van der Waals surface area (Å²) in [6.07, 6.45) is 2.01. The van der Waals surface area contributed by atoms with E-state index in [-0.39, 0.29) is 5.54 Å². The van der Waals surface area contributed by atoms with Gasteiger partial charge in [0.2, 0.25) is 0 Å². The topological polar surface area (TPSA) is 22.6 Å². The zero-order valence-corrected chi connectivity index (χ0v) is 13.6. The molecule has 1 aromatic rings. The molecule has 0 bridgehead atoms. The van der Waals surface area contributed by atoms with Crippen LogP contribution in [0.2, 0.25) is 0 Å². The molecule has 0 spiro atoms. The van der Waals surface area contributed by atoms with E-state index in [1.54, 1.807) is 0 Å². The number of pyridine rings is 1. The van der Waals surface area contributed by atoms with Crippen LogP contribution in [0.5, 0.6) is 0 Å². The lowest BCUT2D eigenvalue weighted by atomic mass is 10.0. The van der Waals surface area contributed by atoms with E-state index in [0.717, 1.165) is 38.5 Å². The largest absolute Gasteiger partial charge is 0.354 e. The Bertz CT molecular complexity index is 411. The summed E-state index contributed by atoms with van der Waals surface area (Å²) in [5, 5.41) is 0. The summed E-state index contributed by atoms with van der Waals surface area (Å²) < 4.78 is 0. The zero-order valence-electron chi connectivity index (χ0n) is 13.6. The minimum atomic E-state index is 0.273. The first-order valence-corrected chi connectivity index (χ1v) is 7.46. The second kappa shape index (κ2) is 6.10. The summed E-state index contributed by atoms with van der Waals surface area (Å²) in [5.74, 6) is 1.11. The molecule has 1 aromatic heterocycles. The van der Waals surface area contributed by atoms with E-state index in [4.69, 9.17) is 0 Å². The molecule has 0 amide bonds. The van der Waals surface area contributed by atoms with Crippen LogP contribution < -0.4 is 4.90 Å². The Hall–Kier alpha value is -1.13. The fraction of sp³-hybridized carbons (Fsp3) is 0.688. The normalized spacial score (nSPS) is 17.8. The predicted molar refractivity (Wildman–Crippen MR) is 85.2 cm³/mol. The molecule has 1 aliphatic rings. The van der Waals surface area contributed by atoms with Crippen molar-refractivity contribution in [2.24, 2.45) is 0 Å². The third-order valence-corrected chi connectivity index (χ3v) is 3.86. The van der Waals surface area contributed by atoms with Crippen molar-refractivity contribution in [1.29, 1.82) is 0 Å². The van der Waals surface area contributed by atoms with Crippen LogP contribution >= 0.6 is 0 Å². The maximum absolute atomic E-state index is 4.62. The monoisotopic (exact) mass is 276 g/mol.